The van der Waals surface area contributed by atoms with Gasteiger partial charge in [-0.2, -0.15) is 0 Å². The topological polar surface area (TPSA) is 48.0 Å². The number of carbonyl (C=O) groups is 1. The highest BCUT2D eigenvalue weighted by atomic mass is 35.5. The van der Waals surface area contributed by atoms with Gasteiger partial charge in [-0.1, -0.05) is 90.5 Å². The van der Waals surface area contributed by atoms with E-state index in [1.54, 1.807) is 0 Å². The minimum Gasteiger partial charge on any atom is -0.366 e. The summed E-state index contributed by atoms with van der Waals surface area (Å²) in [7, 11) is 0. The van der Waals surface area contributed by atoms with Crippen molar-refractivity contribution < 1.29 is 4.79 Å². The van der Waals surface area contributed by atoms with E-state index in [4.69, 9.17) is 17.3 Å². The Bertz CT molecular complexity index is 1160. The lowest BCUT2D eigenvalue weighted by atomic mass is 9.96. The van der Waals surface area contributed by atoms with E-state index in [1.807, 2.05) is 79.7 Å². The Balaban J connectivity index is 2.05. The fourth-order valence-electron chi connectivity index (χ4n) is 3.82. The standard InChI is InChI=1S/C25H21ClN2O/c1-17-22(25(27)29)23(18-10-4-2-5-11-18)24(19-12-6-3-7-13-19)28(17)16-20-14-8-9-15-21(20)26/h2-15H,16H2,1H3,(H2,27,29). The summed E-state index contributed by atoms with van der Waals surface area (Å²) in [6.45, 7) is 2.48. The normalized spacial score (nSPS) is 10.8. The van der Waals surface area contributed by atoms with E-state index >= 15 is 0 Å². The number of amides is 1. The highest BCUT2D eigenvalue weighted by molar-refractivity contribution is 6.31. The summed E-state index contributed by atoms with van der Waals surface area (Å²) in [4.78, 5) is 12.5. The van der Waals surface area contributed by atoms with Gasteiger partial charge in [-0.15, -0.1) is 0 Å². The molecule has 29 heavy (non-hydrogen) atoms. The molecule has 4 heteroatoms. The molecule has 3 nitrogen and oxygen atoms in total. The highest BCUT2D eigenvalue weighted by Crippen LogP contribution is 2.39. The van der Waals surface area contributed by atoms with Crippen molar-refractivity contribution in [2.75, 3.05) is 0 Å². The van der Waals surface area contributed by atoms with Crippen molar-refractivity contribution in [3.8, 4) is 22.4 Å². The van der Waals surface area contributed by atoms with E-state index in [1.165, 1.54) is 0 Å². The molecule has 0 bridgehead atoms. The predicted molar refractivity (Wildman–Crippen MR) is 119 cm³/mol. The van der Waals surface area contributed by atoms with Crippen molar-refractivity contribution >= 4 is 17.5 Å². The Labute approximate surface area is 175 Å². The zero-order valence-electron chi connectivity index (χ0n) is 16.1. The van der Waals surface area contributed by atoms with Crippen LogP contribution in [0.15, 0.2) is 84.9 Å². The van der Waals surface area contributed by atoms with Crippen LogP contribution in [0.2, 0.25) is 5.02 Å². The molecule has 2 N–H and O–H groups in total. The average Bonchev–Trinajstić information content (AvgIpc) is 3.03. The molecule has 3 aromatic carbocycles. The maximum Gasteiger partial charge on any atom is 0.251 e. The zero-order chi connectivity index (χ0) is 20.4. The average molecular weight is 401 g/mol. The second-order valence-corrected chi connectivity index (χ2v) is 7.37. The van der Waals surface area contributed by atoms with Gasteiger partial charge in [0, 0.05) is 22.8 Å². The zero-order valence-corrected chi connectivity index (χ0v) is 16.9. The van der Waals surface area contributed by atoms with Gasteiger partial charge < -0.3 is 10.3 Å². The fourth-order valence-corrected chi connectivity index (χ4v) is 4.01. The van der Waals surface area contributed by atoms with Gasteiger partial charge in [0.05, 0.1) is 11.3 Å². The molecule has 4 rings (SSSR count). The Hall–Kier alpha value is -3.30. The molecule has 0 spiro atoms. The van der Waals surface area contributed by atoms with Crippen LogP contribution in [0.5, 0.6) is 0 Å². The smallest absolute Gasteiger partial charge is 0.251 e. The molecule has 0 fully saturated rings. The van der Waals surface area contributed by atoms with E-state index in [2.05, 4.69) is 16.7 Å². The van der Waals surface area contributed by atoms with Crippen LogP contribution in [-0.4, -0.2) is 10.5 Å². The summed E-state index contributed by atoms with van der Waals surface area (Å²) >= 11 is 6.45. The summed E-state index contributed by atoms with van der Waals surface area (Å²) < 4.78 is 2.14. The third-order valence-corrected chi connectivity index (χ3v) is 5.53. The summed E-state index contributed by atoms with van der Waals surface area (Å²) in [6, 6.07) is 27.8. The number of nitrogens with two attached hydrogens (primary N) is 1. The van der Waals surface area contributed by atoms with Crippen LogP contribution in [-0.2, 0) is 6.54 Å². The first-order chi connectivity index (χ1) is 14.1. The van der Waals surface area contributed by atoms with Gasteiger partial charge in [-0.3, -0.25) is 4.79 Å². The Morgan fingerprint density at radius 3 is 2.00 bits per heavy atom. The number of carbonyl (C=O) groups excluding carboxylic acids is 1. The number of benzene rings is 3. The molecule has 0 atom stereocenters. The first-order valence-corrected chi connectivity index (χ1v) is 9.83. The molecule has 0 unspecified atom stereocenters. The predicted octanol–water partition coefficient (Wildman–Crippen LogP) is 5.93. The van der Waals surface area contributed by atoms with Crippen molar-refractivity contribution in [3.05, 3.63) is 107 Å². The van der Waals surface area contributed by atoms with Gasteiger partial charge in [0.25, 0.3) is 5.91 Å². The van der Waals surface area contributed by atoms with E-state index < -0.39 is 5.91 Å². The van der Waals surface area contributed by atoms with E-state index in [9.17, 15) is 4.79 Å². The molecule has 0 aliphatic carbocycles. The van der Waals surface area contributed by atoms with Crippen molar-refractivity contribution in [1.82, 2.24) is 4.57 Å². The summed E-state index contributed by atoms with van der Waals surface area (Å²) in [5.41, 5.74) is 12.0. The lowest BCUT2D eigenvalue weighted by Crippen LogP contribution is -2.13. The van der Waals surface area contributed by atoms with Crippen LogP contribution >= 0.6 is 11.6 Å². The molecular weight excluding hydrogens is 380 g/mol. The van der Waals surface area contributed by atoms with E-state index in [0.29, 0.717) is 17.1 Å². The molecule has 0 aliphatic rings. The molecule has 1 heterocycles. The number of hydrogen-bond donors (Lipinski definition) is 1. The molecule has 1 amide bonds. The summed E-state index contributed by atoms with van der Waals surface area (Å²) in [5, 5.41) is 0.696. The van der Waals surface area contributed by atoms with E-state index in [-0.39, 0.29) is 0 Å². The van der Waals surface area contributed by atoms with Gasteiger partial charge in [-0.25, -0.2) is 0 Å². The van der Waals surface area contributed by atoms with Crippen LogP contribution in [0.3, 0.4) is 0 Å². The van der Waals surface area contributed by atoms with Crippen LogP contribution in [0.1, 0.15) is 21.6 Å². The first-order valence-electron chi connectivity index (χ1n) is 9.45. The third kappa shape index (κ3) is 3.57. The summed E-state index contributed by atoms with van der Waals surface area (Å²) in [5.74, 6) is -0.434. The van der Waals surface area contributed by atoms with E-state index in [0.717, 1.165) is 33.6 Å². The largest absolute Gasteiger partial charge is 0.366 e. The molecule has 1 aromatic heterocycles. The van der Waals surface area contributed by atoms with Crippen LogP contribution in [0.4, 0.5) is 0 Å². The number of rotatable bonds is 5. The lowest BCUT2D eigenvalue weighted by Gasteiger charge is -2.15. The van der Waals surface area contributed by atoms with Crippen molar-refractivity contribution in [2.24, 2.45) is 5.73 Å². The van der Waals surface area contributed by atoms with Crippen molar-refractivity contribution in [1.29, 1.82) is 0 Å². The SMILES string of the molecule is Cc1c(C(N)=O)c(-c2ccccc2)c(-c2ccccc2)n1Cc1ccccc1Cl. The number of nitrogens with zero attached hydrogens (tertiary/aromatic N) is 1. The Morgan fingerprint density at radius 1 is 0.862 bits per heavy atom. The second kappa shape index (κ2) is 7.98. The number of aromatic nitrogens is 1. The first kappa shape index (κ1) is 19.0. The molecule has 0 aliphatic heterocycles. The lowest BCUT2D eigenvalue weighted by molar-refractivity contribution is 0.1000. The molecular formula is C25H21ClN2O. The van der Waals surface area contributed by atoms with Gasteiger partial charge in [-0.05, 0) is 29.7 Å². The molecule has 0 saturated carbocycles. The van der Waals surface area contributed by atoms with Crippen molar-refractivity contribution in [3.63, 3.8) is 0 Å². The van der Waals surface area contributed by atoms with Gasteiger partial charge in [0.15, 0.2) is 0 Å². The van der Waals surface area contributed by atoms with Crippen LogP contribution < -0.4 is 5.73 Å². The maximum atomic E-state index is 12.5. The van der Waals surface area contributed by atoms with Gasteiger partial charge >= 0.3 is 0 Å². The maximum absolute atomic E-state index is 12.5. The highest BCUT2D eigenvalue weighted by Gasteiger charge is 2.26. The van der Waals surface area contributed by atoms with Crippen molar-refractivity contribution in [2.45, 2.75) is 13.5 Å². The number of primary amides is 1. The monoisotopic (exact) mass is 400 g/mol. The number of halogens is 1. The number of hydrogen-bond acceptors (Lipinski definition) is 1. The fraction of sp³-hybridized carbons (Fsp3) is 0.0800. The quantitative estimate of drug-likeness (QED) is 0.443. The molecule has 0 radical (unpaired) electrons. The minimum absolute atomic E-state index is 0.434. The minimum atomic E-state index is -0.434. The van der Waals surface area contributed by atoms with Gasteiger partial charge in [0.1, 0.15) is 0 Å². The molecule has 4 aromatic rings. The Morgan fingerprint density at radius 2 is 1.41 bits per heavy atom. The Kier molecular flexibility index (Phi) is 5.24. The van der Waals surface area contributed by atoms with Crippen LogP contribution in [0.25, 0.3) is 22.4 Å². The van der Waals surface area contributed by atoms with Crippen LogP contribution in [0, 0.1) is 6.92 Å². The molecule has 144 valence electrons. The summed E-state index contributed by atoms with van der Waals surface area (Å²) in [6.07, 6.45) is 0. The van der Waals surface area contributed by atoms with Gasteiger partial charge in [0.2, 0.25) is 0 Å². The molecule has 0 saturated heterocycles. The third-order valence-electron chi connectivity index (χ3n) is 5.17. The second-order valence-electron chi connectivity index (χ2n) is 6.96.